The molecule has 4 heterocycles. The summed E-state index contributed by atoms with van der Waals surface area (Å²) in [6, 6.07) is 5.82. The summed E-state index contributed by atoms with van der Waals surface area (Å²) in [4.78, 5) is 2.61. The van der Waals surface area contributed by atoms with Crippen molar-refractivity contribution in [2.24, 2.45) is 13.0 Å². The zero-order chi connectivity index (χ0) is 13.9. The lowest BCUT2D eigenvalue weighted by Crippen LogP contribution is -2.46. The lowest BCUT2D eigenvalue weighted by molar-refractivity contribution is 0.0873. The van der Waals surface area contributed by atoms with E-state index in [1.807, 2.05) is 12.1 Å². The van der Waals surface area contributed by atoms with Crippen LogP contribution in [0.2, 0.25) is 0 Å². The van der Waals surface area contributed by atoms with Crippen molar-refractivity contribution in [3.8, 4) is 5.75 Å². The van der Waals surface area contributed by atoms with E-state index >= 15 is 0 Å². The highest BCUT2D eigenvalue weighted by Crippen LogP contribution is 2.43. The summed E-state index contributed by atoms with van der Waals surface area (Å²) < 4.78 is 2.24. The van der Waals surface area contributed by atoms with Crippen LogP contribution in [0.5, 0.6) is 5.75 Å². The molecule has 1 atom stereocenters. The third-order valence-corrected chi connectivity index (χ3v) is 5.55. The molecule has 3 nitrogen and oxygen atoms in total. The molecular formula is C17H22N2O. The van der Waals surface area contributed by atoms with Gasteiger partial charge in [-0.2, -0.15) is 0 Å². The zero-order valence-electron chi connectivity index (χ0n) is 12.3. The van der Waals surface area contributed by atoms with Crippen LogP contribution in [0.1, 0.15) is 30.0 Å². The van der Waals surface area contributed by atoms with Crippen molar-refractivity contribution in [2.75, 3.05) is 19.6 Å². The second-order valence-corrected chi connectivity index (χ2v) is 6.50. The van der Waals surface area contributed by atoms with Crippen LogP contribution >= 0.6 is 0 Å². The minimum absolute atomic E-state index is 0.360. The zero-order valence-corrected chi connectivity index (χ0v) is 12.3. The van der Waals surface area contributed by atoms with Gasteiger partial charge in [-0.05, 0) is 56.5 Å². The van der Waals surface area contributed by atoms with Crippen molar-refractivity contribution in [3.63, 3.8) is 0 Å². The number of hydrogen-bond donors (Lipinski definition) is 1. The normalized spacial score (nSPS) is 29.2. The molecule has 1 aromatic carbocycles. The topological polar surface area (TPSA) is 28.4 Å². The summed E-state index contributed by atoms with van der Waals surface area (Å²) in [5.41, 5.74) is 4.05. The van der Waals surface area contributed by atoms with Gasteiger partial charge in [-0.1, -0.05) is 0 Å². The average molecular weight is 270 g/mol. The first-order valence-electron chi connectivity index (χ1n) is 7.65. The Balaban J connectivity index is 1.89. The molecule has 3 heteroatoms. The largest absolute Gasteiger partial charge is 0.508 e. The fourth-order valence-electron chi connectivity index (χ4n) is 4.34. The highest BCUT2D eigenvalue weighted by Gasteiger charge is 2.37. The molecule has 0 amide bonds. The molecule has 3 fully saturated rings. The molecule has 0 saturated carbocycles. The van der Waals surface area contributed by atoms with Crippen LogP contribution < -0.4 is 0 Å². The Morgan fingerprint density at radius 1 is 1.20 bits per heavy atom. The van der Waals surface area contributed by atoms with Crippen molar-refractivity contribution in [2.45, 2.75) is 25.7 Å². The second-order valence-electron chi connectivity index (χ2n) is 6.50. The van der Waals surface area contributed by atoms with Gasteiger partial charge in [-0.25, -0.2) is 0 Å². The number of phenolic OH excluding ortho intramolecular Hbond substituents is 1. The Labute approximate surface area is 119 Å². The Morgan fingerprint density at radius 3 is 2.60 bits per heavy atom. The Kier molecular flexibility index (Phi) is 2.61. The predicted molar refractivity (Wildman–Crippen MR) is 81.2 cm³/mol. The standard InChI is InChI=1S/C17H22N2O/c1-11-17(15-10-19-7-5-12(15)6-8-19)14-4-3-13(20)9-16(14)18(11)2/h3-4,9,12,15,20H,5-8,10H2,1-2H3. The van der Waals surface area contributed by atoms with Crippen LogP contribution in [-0.2, 0) is 7.05 Å². The second kappa shape index (κ2) is 4.26. The summed E-state index contributed by atoms with van der Waals surface area (Å²) in [5, 5.41) is 11.1. The minimum Gasteiger partial charge on any atom is -0.508 e. The van der Waals surface area contributed by atoms with Crippen molar-refractivity contribution in [3.05, 3.63) is 29.5 Å². The summed E-state index contributed by atoms with van der Waals surface area (Å²) >= 11 is 0. The summed E-state index contributed by atoms with van der Waals surface area (Å²) in [6.45, 7) is 6.01. The molecule has 0 spiro atoms. The van der Waals surface area contributed by atoms with Gasteiger partial charge in [0.15, 0.2) is 0 Å². The van der Waals surface area contributed by atoms with E-state index in [2.05, 4.69) is 29.5 Å². The summed E-state index contributed by atoms with van der Waals surface area (Å²) in [7, 11) is 2.11. The van der Waals surface area contributed by atoms with Gasteiger partial charge in [0, 0.05) is 36.7 Å². The Bertz CT molecular complexity index is 665. The first kappa shape index (κ1) is 12.3. The number of aromatic nitrogens is 1. The molecule has 2 aromatic rings. The van der Waals surface area contributed by atoms with E-state index in [0.29, 0.717) is 11.7 Å². The molecule has 0 aliphatic carbocycles. The SMILES string of the molecule is Cc1c(C2CN3CCC2CC3)c2ccc(O)cc2n1C. The van der Waals surface area contributed by atoms with E-state index < -0.39 is 0 Å². The monoisotopic (exact) mass is 270 g/mol. The van der Waals surface area contributed by atoms with E-state index in [-0.39, 0.29) is 0 Å². The van der Waals surface area contributed by atoms with Crippen LogP contribution in [0.15, 0.2) is 18.2 Å². The number of hydrogen-bond acceptors (Lipinski definition) is 2. The maximum atomic E-state index is 9.75. The van der Waals surface area contributed by atoms with Gasteiger partial charge in [-0.15, -0.1) is 0 Å². The van der Waals surface area contributed by atoms with Gasteiger partial charge in [0.05, 0.1) is 5.52 Å². The molecule has 1 unspecified atom stereocenters. The first-order valence-corrected chi connectivity index (χ1v) is 7.65. The Morgan fingerprint density at radius 2 is 1.95 bits per heavy atom. The molecule has 5 rings (SSSR count). The van der Waals surface area contributed by atoms with Crippen LogP contribution in [0.4, 0.5) is 0 Å². The Hall–Kier alpha value is -1.48. The molecule has 106 valence electrons. The maximum Gasteiger partial charge on any atom is 0.117 e. The van der Waals surface area contributed by atoms with E-state index in [9.17, 15) is 5.11 Å². The lowest BCUT2D eigenvalue weighted by Gasteiger charge is -2.45. The maximum absolute atomic E-state index is 9.75. The molecule has 20 heavy (non-hydrogen) atoms. The summed E-state index contributed by atoms with van der Waals surface area (Å²) in [5.74, 6) is 1.88. The fraction of sp³-hybridized carbons (Fsp3) is 0.529. The highest BCUT2D eigenvalue weighted by atomic mass is 16.3. The van der Waals surface area contributed by atoms with E-state index in [1.54, 1.807) is 0 Å². The van der Waals surface area contributed by atoms with E-state index in [0.717, 1.165) is 11.4 Å². The molecule has 1 N–H and O–H groups in total. The van der Waals surface area contributed by atoms with Crippen LogP contribution in [0, 0.1) is 12.8 Å². The van der Waals surface area contributed by atoms with Gasteiger partial charge in [0.25, 0.3) is 0 Å². The molecule has 0 radical (unpaired) electrons. The van der Waals surface area contributed by atoms with Gasteiger partial charge in [0.2, 0.25) is 0 Å². The smallest absolute Gasteiger partial charge is 0.117 e. The predicted octanol–water partition coefficient (Wildman–Crippen LogP) is 3.00. The first-order chi connectivity index (χ1) is 9.65. The van der Waals surface area contributed by atoms with Crippen molar-refractivity contribution in [1.82, 2.24) is 9.47 Å². The van der Waals surface area contributed by atoms with Crippen molar-refractivity contribution < 1.29 is 5.11 Å². The fourth-order valence-corrected chi connectivity index (χ4v) is 4.34. The lowest BCUT2D eigenvalue weighted by atomic mass is 9.75. The third-order valence-electron chi connectivity index (χ3n) is 5.55. The molecule has 1 aromatic heterocycles. The number of piperidine rings is 3. The van der Waals surface area contributed by atoms with Crippen LogP contribution in [0.25, 0.3) is 10.9 Å². The number of fused-ring (bicyclic) bond motifs is 4. The number of nitrogens with zero attached hydrogens (tertiary/aromatic N) is 2. The number of rotatable bonds is 1. The number of aryl methyl sites for hydroxylation is 1. The number of benzene rings is 1. The average Bonchev–Trinajstić information content (AvgIpc) is 2.72. The van der Waals surface area contributed by atoms with E-state index in [4.69, 9.17) is 0 Å². The highest BCUT2D eigenvalue weighted by molar-refractivity contribution is 5.87. The molecule has 3 saturated heterocycles. The number of aromatic hydroxyl groups is 1. The van der Waals surface area contributed by atoms with Gasteiger partial charge in [0.1, 0.15) is 5.75 Å². The van der Waals surface area contributed by atoms with Crippen LogP contribution in [0.3, 0.4) is 0 Å². The minimum atomic E-state index is 0.360. The van der Waals surface area contributed by atoms with Crippen LogP contribution in [-0.4, -0.2) is 34.2 Å². The molecular weight excluding hydrogens is 248 g/mol. The van der Waals surface area contributed by atoms with Crippen molar-refractivity contribution >= 4 is 10.9 Å². The number of phenols is 1. The third kappa shape index (κ3) is 1.62. The van der Waals surface area contributed by atoms with Crippen molar-refractivity contribution in [1.29, 1.82) is 0 Å². The molecule has 2 bridgehead atoms. The molecule has 3 aliphatic heterocycles. The van der Waals surface area contributed by atoms with Gasteiger partial charge < -0.3 is 14.6 Å². The molecule has 3 aliphatic rings. The summed E-state index contributed by atoms with van der Waals surface area (Å²) in [6.07, 6.45) is 2.69. The quantitative estimate of drug-likeness (QED) is 0.863. The van der Waals surface area contributed by atoms with Gasteiger partial charge in [-0.3, -0.25) is 0 Å². The van der Waals surface area contributed by atoms with Gasteiger partial charge >= 0.3 is 0 Å². The van der Waals surface area contributed by atoms with E-state index in [1.165, 1.54) is 49.1 Å².